The molecule has 0 atom stereocenters. The van der Waals surface area contributed by atoms with Crippen molar-refractivity contribution in [3.05, 3.63) is 62.9 Å². The van der Waals surface area contributed by atoms with Crippen LogP contribution < -0.4 is 25.6 Å². The zero-order chi connectivity index (χ0) is 16.7. The number of benzene rings is 2. The second kappa shape index (κ2) is 5.45. The highest BCUT2D eigenvalue weighted by molar-refractivity contribution is 5.84. The highest BCUT2D eigenvalue weighted by atomic mass is 16.7. The Bertz CT molecular complexity index is 1050. The van der Waals surface area contributed by atoms with Crippen LogP contribution in [0.3, 0.4) is 0 Å². The maximum atomic E-state index is 12.2. The predicted octanol–water partition coefficient (Wildman–Crippen LogP) is 1.74. The summed E-state index contributed by atoms with van der Waals surface area (Å²) in [6.45, 7) is 0.405. The summed E-state index contributed by atoms with van der Waals surface area (Å²) < 4.78 is 22.1. The van der Waals surface area contributed by atoms with Crippen LogP contribution in [-0.2, 0) is 6.54 Å². The molecule has 0 unspecified atom stereocenters. The molecule has 1 aromatic heterocycles. The fourth-order valence-electron chi connectivity index (χ4n) is 2.78. The lowest BCUT2D eigenvalue weighted by Gasteiger charge is -2.11. The fourth-order valence-corrected chi connectivity index (χ4v) is 2.78. The molecule has 0 saturated carbocycles. The number of methoxy groups -OCH3 is 1. The SMILES string of the molecule is COc1cccc2c1c(=O)oc(=O)n2Cc1ccc2c(c1)OCO2. The second-order valence-electron chi connectivity index (χ2n) is 5.28. The molecule has 7 nitrogen and oxygen atoms in total. The third-order valence-corrected chi connectivity index (χ3v) is 3.90. The summed E-state index contributed by atoms with van der Waals surface area (Å²) in [5.41, 5.74) is 0.557. The Morgan fingerprint density at radius 2 is 1.96 bits per heavy atom. The van der Waals surface area contributed by atoms with E-state index in [-0.39, 0.29) is 18.7 Å². The van der Waals surface area contributed by atoms with E-state index in [9.17, 15) is 9.59 Å². The number of aromatic nitrogens is 1. The van der Waals surface area contributed by atoms with Crippen molar-refractivity contribution in [1.29, 1.82) is 0 Å². The molecular formula is C17H13NO6. The number of rotatable bonds is 3. The van der Waals surface area contributed by atoms with Crippen molar-refractivity contribution >= 4 is 10.9 Å². The van der Waals surface area contributed by atoms with E-state index in [2.05, 4.69) is 0 Å². The number of fused-ring (bicyclic) bond motifs is 2. The van der Waals surface area contributed by atoms with E-state index in [0.717, 1.165) is 5.56 Å². The molecule has 1 aliphatic heterocycles. The van der Waals surface area contributed by atoms with Crippen molar-refractivity contribution < 1.29 is 18.6 Å². The predicted molar refractivity (Wildman–Crippen MR) is 85.0 cm³/mol. The molecule has 0 radical (unpaired) electrons. The highest BCUT2D eigenvalue weighted by Crippen LogP contribution is 2.32. The van der Waals surface area contributed by atoms with Gasteiger partial charge in [0.25, 0.3) is 0 Å². The Morgan fingerprint density at radius 3 is 2.79 bits per heavy atom. The van der Waals surface area contributed by atoms with Crippen LogP contribution in [0, 0.1) is 0 Å². The van der Waals surface area contributed by atoms with E-state index in [1.807, 2.05) is 6.07 Å². The summed E-state index contributed by atoms with van der Waals surface area (Å²) in [6, 6.07) is 10.5. The first-order valence-electron chi connectivity index (χ1n) is 7.26. The van der Waals surface area contributed by atoms with Gasteiger partial charge in [-0.2, -0.15) is 0 Å². The van der Waals surface area contributed by atoms with E-state index in [1.165, 1.54) is 11.7 Å². The number of nitrogens with zero attached hydrogens (tertiary/aromatic N) is 1. The molecule has 0 aliphatic carbocycles. The van der Waals surface area contributed by atoms with Gasteiger partial charge in [0.1, 0.15) is 11.1 Å². The Labute approximate surface area is 135 Å². The summed E-state index contributed by atoms with van der Waals surface area (Å²) in [5, 5.41) is 0.236. The highest BCUT2D eigenvalue weighted by Gasteiger charge is 2.16. The Kier molecular flexibility index (Phi) is 3.26. The van der Waals surface area contributed by atoms with Crippen molar-refractivity contribution in [3.8, 4) is 17.2 Å². The first-order chi connectivity index (χ1) is 11.7. The molecule has 0 amide bonds. The minimum atomic E-state index is -0.724. The molecule has 2 aromatic carbocycles. The molecule has 3 aromatic rings. The summed E-state index contributed by atoms with van der Waals surface area (Å²) in [4.78, 5) is 24.2. The van der Waals surface area contributed by atoms with Crippen LogP contribution in [0.2, 0.25) is 0 Å². The third kappa shape index (κ3) is 2.21. The van der Waals surface area contributed by atoms with Crippen molar-refractivity contribution in [2.45, 2.75) is 6.54 Å². The van der Waals surface area contributed by atoms with Crippen molar-refractivity contribution in [2.75, 3.05) is 13.9 Å². The average molecular weight is 327 g/mol. The van der Waals surface area contributed by atoms with Crippen molar-refractivity contribution in [2.24, 2.45) is 0 Å². The molecule has 7 heteroatoms. The van der Waals surface area contributed by atoms with Gasteiger partial charge in [0.05, 0.1) is 19.2 Å². The quantitative estimate of drug-likeness (QED) is 0.729. The first-order valence-corrected chi connectivity index (χ1v) is 7.26. The molecule has 2 heterocycles. The van der Waals surface area contributed by atoms with E-state index >= 15 is 0 Å². The van der Waals surface area contributed by atoms with Crippen LogP contribution in [0.15, 0.2) is 50.4 Å². The van der Waals surface area contributed by atoms with Gasteiger partial charge < -0.3 is 18.6 Å². The van der Waals surface area contributed by atoms with E-state index in [4.69, 9.17) is 18.6 Å². The number of ether oxygens (including phenoxy) is 3. The van der Waals surface area contributed by atoms with Gasteiger partial charge >= 0.3 is 11.4 Å². The van der Waals surface area contributed by atoms with Gasteiger partial charge in [-0.1, -0.05) is 12.1 Å². The van der Waals surface area contributed by atoms with Gasteiger partial charge in [0.2, 0.25) is 6.79 Å². The van der Waals surface area contributed by atoms with Crippen LogP contribution in [0.25, 0.3) is 10.9 Å². The lowest BCUT2D eigenvalue weighted by molar-refractivity contribution is 0.174. The van der Waals surface area contributed by atoms with Crippen LogP contribution in [0.4, 0.5) is 0 Å². The minimum absolute atomic E-state index is 0.180. The lowest BCUT2D eigenvalue weighted by atomic mass is 10.2. The topological polar surface area (TPSA) is 79.9 Å². The fraction of sp³-hybridized carbons (Fsp3) is 0.176. The van der Waals surface area contributed by atoms with Gasteiger partial charge in [-0.05, 0) is 29.8 Å². The summed E-state index contributed by atoms with van der Waals surface area (Å²) in [6.07, 6.45) is 0. The van der Waals surface area contributed by atoms with Crippen molar-refractivity contribution in [3.63, 3.8) is 0 Å². The lowest BCUT2D eigenvalue weighted by Crippen LogP contribution is -2.25. The molecular weight excluding hydrogens is 314 g/mol. The van der Waals surface area contributed by atoms with Crippen molar-refractivity contribution in [1.82, 2.24) is 4.57 Å². The van der Waals surface area contributed by atoms with E-state index < -0.39 is 11.4 Å². The summed E-state index contributed by atoms with van der Waals surface area (Å²) in [7, 11) is 1.46. The molecule has 122 valence electrons. The minimum Gasteiger partial charge on any atom is -0.496 e. The van der Waals surface area contributed by atoms with Gasteiger partial charge in [0.15, 0.2) is 11.5 Å². The van der Waals surface area contributed by atoms with Gasteiger partial charge in [0, 0.05) is 0 Å². The third-order valence-electron chi connectivity index (χ3n) is 3.90. The zero-order valence-electron chi connectivity index (χ0n) is 12.8. The standard InChI is InChI=1S/C17H13NO6/c1-21-13-4-2-3-11-15(13)16(19)24-17(20)18(11)8-10-5-6-12-14(7-10)23-9-22-12/h2-7H,8-9H2,1H3. The van der Waals surface area contributed by atoms with Gasteiger partial charge in [-0.25, -0.2) is 9.59 Å². The molecule has 24 heavy (non-hydrogen) atoms. The summed E-state index contributed by atoms with van der Waals surface area (Å²) in [5.74, 6) is 0.927. The first kappa shape index (κ1) is 14.4. The maximum absolute atomic E-state index is 12.2. The van der Waals surface area contributed by atoms with Crippen LogP contribution in [0.1, 0.15) is 5.56 Å². The maximum Gasteiger partial charge on any atom is 0.422 e. The van der Waals surface area contributed by atoms with Crippen LogP contribution >= 0.6 is 0 Å². The summed E-state index contributed by atoms with van der Waals surface area (Å²) >= 11 is 0. The smallest absolute Gasteiger partial charge is 0.422 e. The normalized spacial score (nSPS) is 12.5. The largest absolute Gasteiger partial charge is 0.496 e. The molecule has 0 fully saturated rings. The van der Waals surface area contributed by atoms with Gasteiger partial charge in [-0.15, -0.1) is 0 Å². The molecule has 0 saturated heterocycles. The Balaban J connectivity index is 1.88. The molecule has 1 aliphatic rings. The zero-order valence-corrected chi connectivity index (χ0v) is 12.8. The van der Waals surface area contributed by atoms with Gasteiger partial charge in [-0.3, -0.25) is 4.57 Å². The number of hydrogen-bond donors (Lipinski definition) is 0. The second-order valence-corrected chi connectivity index (χ2v) is 5.28. The molecule has 0 N–H and O–H groups in total. The average Bonchev–Trinajstić information content (AvgIpc) is 3.05. The van der Waals surface area contributed by atoms with E-state index in [1.54, 1.807) is 30.3 Å². The molecule has 0 bridgehead atoms. The monoisotopic (exact) mass is 327 g/mol. The molecule has 4 rings (SSSR count). The molecule has 0 spiro atoms. The Morgan fingerprint density at radius 1 is 1.12 bits per heavy atom. The Hall–Kier alpha value is -3.22. The van der Waals surface area contributed by atoms with E-state index in [0.29, 0.717) is 22.8 Å². The number of hydrogen-bond acceptors (Lipinski definition) is 6. The van der Waals surface area contributed by atoms with Crippen LogP contribution in [-0.4, -0.2) is 18.5 Å². The van der Waals surface area contributed by atoms with Crippen LogP contribution in [0.5, 0.6) is 17.2 Å².